The number of ether oxygens (including phenoxy) is 2. The summed E-state index contributed by atoms with van der Waals surface area (Å²) in [6, 6.07) is 5.34. The van der Waals surface area contributed by atoms with Crippen LogP contribution in [0.5, 0.6) is 11.5 Å². The molecule has 2 amide bonds. The summed E-state index contributed by atoms with van der Waals surface area (Å²) in [5, 5.41) is 12.1. The third-order valence-corrected chi connectivity index (χ3v) is 3.25. The molecule has 1 fully saturated rings. The molecule has 0 spiro atoms. The number of hydrogen-bond acceptors (Lipinski definition) is 4. The minimum Gasteiger partial charge on any atom is -0.493 e. The Morgan fingerprint density at radius 1 is 1.33 bits per heavy atom. The highest BCUT2D eigenvalue weighted by atomic mass is 16.5. The molecule has 2 rings (SSSR count). The SMILES string of the molecule is CCCOc1ccc(CO)c(OCCN2CCNC2=O)c1. The van der Waals surface area contributed by atoms with Crippen molar-refractivity contribution in [3.8, 4) is 11.5 Å². The molecular weight excluding hydrogens is 272 g/mol. The molecule has 1 aliphatic rings. The van der Waals surface area contributed by atoms with Gasteiger partial charge in [-0.05, 0) is 18.6 Å². The van der Waals surface area contributed by atoms with E-state index in [2.05, 4.69) is 5.32 Å². The van der Waals surface area contributed by atoms with Crippen molar-refractivity contribution in [3.63, 3.8) is 0 Å². The Morgan fingerprint density at radius 3 is 2.86 bits per heavy atom. The van der Waals surface area contributed by atoms with Crippen LogP contribution in [0.2, 0.25) is 0 Å². The maximum absolute atomic E-state index is 11.4. The van der Waals surface area contributed by atoms with Gasteiger partial charge in [0.2, 0.25) is 0 Å². The number of carbonyl (C=O) groups is 1. The van der Waals surface area contributed by atoms with Crippen molar-refractivity contribution >= 4 is 6.03 Å². The number of nitrogens with zero attached hydrogens (tertiary/aromatic N) is 1. The van der Waals surface area contributed by atoms with Crippen LogP contribution in [0.15, 0.2) is 18.2 Å². The number of aliphatic hydroxyl groups is 1. The van der Waals surface area contributed by atoms with E-state index >= 15 is 0 Å². The Bertz CT molecular complexity index is 479. The Balaban J connectivity index is 1.91. The fourth-order valence-corrected chi connectivity index (χ4v) is 2.10. The zero-order chi connectivity index (χ0) is 15.1. The van der Waals surface area contributed by atoms with Crippen LogP contribution in [0.1, 0.15) is 18.9 Å². The summed E-state index contributed by atoms with van der Waals surface area (Å²) in [6.07, 6.45) is 0.933. The van der Waals surface area contributed by atoms with E-state index in [9.17, 15) is 9.90 Å². The van der Waals surface area contributed by atoms with Gasteiger partial charge in [0.15, 0.2) is 0 Å². The van der Waals surface area contributed by atoms with Gasteiger partial charge in [-0.25, -0.2) is 4.79 Å². The van der Waals surface area contributed by atoms with E-state index in [0.717, 1.165) is 12.2 Å². The zero-order valence-corrected chi connectivity index (χ0v) is 12.3. The molecule has 1 saturated heterocycles. The summed E-state index contributed by atoms with van der Waals surface area (Å²) >= 11 is 0. The van der Waals surface area contributed by atoms with E-state index in [1.807, 2.05) is 13.0 Å². The van der Waals surface area contributed by atoms with Crippen LogP contribution < -0.4 is 14.8 Å². The number of hydrogen-bond donors (Lipinski definition) is 2. The number of benzene rings is 1. The molecule has 1 aliphatic heterocycles. The molecule has 1 aromatic carbocycles. The summed E-state index contributed by atoms with van der Waals surface area (Å²) in [7, 11) is 0. The standard InChI is InChI=1S/C15H22N2O4/c1-2-8-20-13-4-3-12(11-18)14(10-13)21-9-7-17-6-5-16-15(17)19/h3-4,10,18H,2,5-9,11H2,1H3,(H,16,19). The zero-order valence-electron chi connectivity index (χ0n) is 12.3. The third kappa shape index (κ3) is 4.26. The van der Waals surface area contributed by atoms with E-state index in [1.165, 1.54) is 0 Å². The lowest BCUT2D eigenvalue weighted by Crippen LogP contribution is -2.31. The van der Waals surface area contributed by atoms with E-state index in [1.54, 1.807) is 17.0 Å². The molecule has 1 aromatic rings. The van der Waals surface area contributed by atoms with Gasteiger partial charge in [-0.2, -0.15) is 0 Å². The van der Waals surface area contributed by atoms with Gasteiger partial charge in [0, 0.05) is 24.7 Å². The molecule has 0 saturated carbocycles. The normalized spacial score (nSPS) is 14.2. The lowest BCUT2D eigenvalue weighted by molar-refractivity contribution is 0.200. The first-order valence-corrected chi connectivity index (χ1v) is 7.26. The van der Waals surface area contributed by atoms with Crippen LogP contribution in [0.4, 0.5) is 4.79 Å². The maximum Gasteiger partial charge on any atom is 0.317 e. The molecule has 0 atom stereocenters. The molecule has 0 bridgehead atoms. The first kappa shape index (κ1) is 15.4. The van der Waals surface area contributed by atoms with E-state index < -0.39 is 0 Å². The molecule has 21 heavy (non-hydrogen) atoms. The van der Waals surface area contributed by atoms with E-state index in [0.29, 0.717) is 44.2 Å². The highest BCUT2D eigenvalue weighted by Crippen LogP contribution is 2.25. The van der Waals surface area contributed by atoms with Gasteiger partial charge in [0.05, 0.1) is 19.8 Å². The fourth-order valence-electron chi connectivity index (χ4n) is 2.10. The van der Waals surface area contributed by atoms with Crippen LogP contribution in [0.25, 0.3) is 0 Å². The summed E-state index contributed by atoms with van der Waals surface area (Å²) in [4.78, 5) is 13.1. The minimum absolute atomic E-state index is 0.0546. The predicted molar refractivity (Wildman–Crippen MR) is 78.6 cm³/mol. The topological polar surface area (TPSA) is 71.0 Å². The quantitative estimate of drug-likeness (QED) is 0.759. The highest BCUT2D eigenvalue weighted by molar-refractivity contribution is 5.76. The van der Waals surface area contributed by atoms with Gasteiger partial charge >= 0.3 is 6.03 Å². The molecule has 2 N–H and O–H groups in total. The van der Waals surface area contributed by atoms with Gasteiger partial charge in [-0.3, -0.25) is 0 Å². The number of nitrogens with one attached hydrogen (secondary N) is 1. The van der Waals surface area contributed by atoms with Crippen molar-refractivity contribution in [2.45, 2.75) is 20.0 Å². The van der Waals surface area contributed by atoms with Gasteiger partial charge in [0.25, 0.3) is 0 Å². The smallest absolute Gasteiger partial charge is 0.317 e. The van der Waals surface area contributed by atoms with Crippen molar-refractivity contribution in [1.82, 2.24) is 10.2 Å². The molecule has 1 heterocycles. The molecule has 0 aliphatic carbocycles. The summed E-state index contributed by atoms with van der Waals surface area (Å²) < 4.78 is 11.3. The molecule has 116 valence electrons. The first-order valence-electron chi connectivity index (χ1n) is 7.26. The third-order valence-electron chi connectivity index (χ3n) is 3.25. The predicted octanol–water partition coefficient (Wildman–Crippen LogP) is 1.37. The Morgan fingerprint density at radius 2 is 2.19 bits per heavy atom. The van der Waals surface area contributed by atoms with Crippen LogP contribution in [0, 0.1) is 0 Å². The molecule has 0 unspecified atom stereocenters. The van der Waals surface area contributed by atoms with E-state index in [4.69, 9.17) is 9.47 Å². The Labute approximate surface area is 124 Å². The average molecular weight is 294 g/mol. The molecule has 0 aromatic heterocycles. The number of amides is 2. The van der Waals surface area contributed by atoms with E-state index in [-0.39, 0.29) is 12.6 Å². The maximum atomic E-state index is 11.4. The summed E-state index contributed by atoms with van der Waals surface area (Å²) in [5.74, 6) is 1.33. The molecular formula is C15H22N2O4. The number of urea groups is 1. The van der Waals surface area contributed by atoms with Crippen molar-refractivity contribution < 1.29 is 19.4 Å². The van der Waals surface area contributed by atoms with Crippen LogP contribution >= 0.6 is 0 Å². The minimum atomic E-state index is -0.0897. The van der Waals surface area contributed by atoms with Crippen LogP contribution in [-0.4, -0.2) is 48.9 Å². The summed E-state index contributed by atoms with van der Waals surface area (Å²) in [5.41, 5.74) is 0.713. The second-order valence-electron chi connectivity index (χ2n) is 4.84. The van der Waals surface area contributed by atoms with Crippen molar-refractivity contribution in [2.75, 3.05) is 32.8 Å². The lowest BCUT2D eigenvalue weighted by Gasteiger charge is -2.16. The number of rotatable bonds is 8. The molecule has 6 heteroatoms. The fraction of sp³-hybridized carbons (Fsp3) is 0.533. The Kier molecular flexibility index (Phi) is 5.68. The van der Waals surface area contributed by atoms with Crippen LogP contribution in [0.3, 0.4) is 0 Å². The van der Waals surface area contributed by atoms with Crippen LogP contribution in [-0.2, 0) is 6.61 Å². The van der Waals surface area contributed by atoms with Gasteiger partial charge in [0.1, 0.15) is 18.1 Å². The second kappa shape index (κ2) is 7.73. The average Bonchev–Trinajstić information content (AvgIpc) is 2.91. The molecule has 6 nitrogen and oxygen atoms in total. The van der Waals surface area contributed by atoms with Crippen molar-refractivity contribution in [3.05, 3.63) is 23.8 Å². The monoisotopic (exact) mass is 294 g/mol. The van der Waals surface area contributed by atoms with Gasteiger partial charge in [-0.1, -0.05) is 6.92 Å². The second-order valence-corrected chi connectivity index (χ2v) is 4.84. The summed E-state index contributed by atoms with van der Waals surface area (Å²) in [6.45, 7) is 4.89. The number of aliphatic hydroxyl groups excluding tert-OH is 1. The van der Waals surface area contributed by atoms with Gasteiger partial charge in [-0.15, -0.1) is 0 Å². The molecule has 0 radical (unpaired) electrons. The lowest BCUT2D eigenvalue weighted by atomic mass is 10.2. The van der Waals surface area contributed by atoms with Crippen molar-refractivity contribution in [1.29, 1.82) is 0 Å². The van der Waals surface area contributed by atoms with Gasteiger partial charge < -0.3 is 24.8 Å². The number of carbonyl (C=O) groups excluding carboxylic acids is 1. The van der Waals surface area contributed by atoms with Crippen molar-refractivity contribution in [2.24, 2.45) is 0 Å². The Hall–Kier alpha value is -1.95. The highest BCUT2D eigenvalue weighted by Gasteiger charge is 2.18. The largest absolute Gasteiger partial charge is 0.493 e. The first-order chi connectivity index (χ1) is 10.2.